The van der Waals surface area contributed by atoms with Crippen molar-refractivity contribution in [2.45, 2.75) is 24.9 Å². The number of Topliss-reactive ketones (excluding diaryl/α,β-unsaturated/α-hetero) is 1. The molecule has 0 radical (unpaired) electrons. The average molecular weight is 262 g/mol. The van der Waals surface area contributed by atoms with Crippen LogP contribution < -0.4 is 4.74 Å². The topological polar surface area (TPSA) is 44.8 Å². The van der Waals surface area contributed by atoms with Crippen LogP contribution in [0.1, 0.15) is 28.8 Å². The molecule has 1 aromatic carbocycles. The number of ether oxygens (including phenoxy) is 3. The summed E-state index contributed by atoms with van der Waals surface area (Å²) in [5.74, 6) is 0.961. The Morgan fingerprint density at radius 2 is 2.05 bits per heavy atom. The minimum Gasteiger partial charge on any atom is -0.493 e. The first-order valence-corrected chi connectivity index (χ1v) is 6.69. The molecule has 4 nitrogen and oxygen atoms in total. The van der Waals surface area contributed by atoms with E-state index in [0.29, 0.717) is 38.2 Å². The van der Waals surface area contributed by atoms with Crippen LogP contribution in [-0.2, 0) is 15.9 Å². The Labute approximate surface area is 112 Å². The molecule has 1 fully saturated rings. The van der Waals surface area contributed by atoms with E-state index in [9.17, 15) is 4.79 Å². The molecule has 0 N–H and O–H groups in total. The first kappa shape index (κ1) is 12.6. The highest BCUT2D eigenvalue weighted by Gasteiger charge is 2.40. The van der Waals surface area contributed by atoms with Crippen LogP contribution in [-0.4, -0.2) is 38.3 Å². The molecule has 2 heterocycles. The van der Waals surface area contributed by atoms with Crippen LogP contribution in [0.2, 0.25) is 0 Å². The second-order valence-electron chi connectivity index (χ2n) is 5.06. The molecule has 0 bridgehead atoms. The Bertz CT molecular complexity index is 489. The molecule has 2 aliphatic rings. The molecule has 0 unspecified atom stereocenters. The third kappa shape index (κ3) is 2.15. The Kier molecular flexibility index (Phi) is 3.29. The zero-order chi connectivity index (χ0) is 13.3. The van der Waals surface area contributed by atoms with Gasteiger partial charge in [-0.1, -0.05) is 0 Å². The van der Waals surface area contributed by atoms with E-state index < -0.39 is 5.60 Å². The lowest BCUT2D eigenvalue weighted by molar-refractivity contribution is -0.0663. The van der Waals surface area contributed by atoms with Crippen LogP contribution in [0.15, 0.2) is 18.2 Å². The number of benzene rings is 1. The van der Waals surface area contributed by atoms with Gasteiger partial charge in [0.05, 0.1) is 6.61 Å². The molecule has 0 aromatic heterocycles. The summed E-state index contributed by atoms with van der Waals surface area (Å²) in [7, 11) is 1.61. The van der Waals surface area contributed by atoms with Crippen LogP contribution in [0.4, 0.5) is 0 Å². The fourth-order valence-corrected chi connectivity index (χ4v) is 2.82. The second-order valence-corrected chi connectivity index (χ2v) is 5.06. The van der Waals surface area contributed by atoms with Gasteiger partial charge in [-0.2, -0.15) is 0 Å². The molecule has 3 rings (SSSR count). The molecule has 19 heavy (non-hydrogen) atoms. The van der Waals surface area contributed by atoms with E-state index >= 15 is 0 Å². The van der Waals surface area contributed by atoms with Gasteiger partial charge in [-0.25, -0.2) is 0 Å². The third-order valence-corrected chi connectivity index (χ3v) is 4.06. The summed E-state index contributed by atoms with van der Waals surface area (Å²) in [6.45, 7) is 1.86. The minimum absolute atomic E-state index is 0.0630. The molecule has 0 atom stereocenters. The van der Waals surface area contributed by atoms with E-state index in [4.69, 9.17) is 14.2 Å². The van der Waals surface area contributed by atoms with Gasteiger partial charge in [-0.15, -0.1) is 0 Å². The van der Waals surface area contributed by atoms with Gasteiger partial charge in [0.2, 0.25) is 0 Å². The summed E-state index contributed by atoms with van der Waals surface area (Å²) in [6, 6.07) is 5.67. The van der Waals surface area contributed by atoms with Crippen molar-refractivity contribution in [3.63, 3.8) is 0 Å². The third-order valence-electron chi connectivity index (χ3n) is 4.06. The molecule has 1 saturated heterocycles. The number of carbonyl (C=O) groups excluding carboxylic acids is 1. The Morgan fingerprint density at radius 1 is 1.26 bits per heavy atom. The highest BCUT2D eigenvalue weighted by atomic mass is 16.5. The fraction of sp³-hybridized carbons (Fsp3) is 0.533. The first-order valence-electron chi connectivity index (χ1n) is 6.69. The smallest absolute Gasteiger partial charge is 0.194 e. The van der Waals surface area contributed by atoms with E-state index in [1.807, 2.05) is 18.2 Å². The summed E-state index contributed by atoms with van der Waals surface area (Å²) >= 11 is 0. The van der Waals surface area contributed by atoms with E-state index in [2.05, 4.69) is 0 Å². The van der Waals surface area contributed by atoms with Crippen molar-refractivity contribution in [1.29, 1.82) is 0 Å². The quantitative estimate of drug-likeness (QED) is 0.782. The van der Waals surface area contributed by atoms with Crippen molar-refractivity contribution < 1.29 is 19.0 Å². The monoisotopic (exact) mass is 262 g/mol. The molecule has 4 heteroatoms. The van der Waals surface area contributed by atoms with Crippen molar-refractivity contribution in [1.82, 2.24) is 0 Å². The van der Waals surface area contributed by atoms with Crippen LogP contribution >= 0.6 is 0 Å². The first-order chi connectivity index (χ1) is 9.25. The summed E-state index contributed by atoms with van der Waals surface area (Å²) in [5, 5.41) is 0. The molecule has 102 valence electrons. The van der Waals surface area contributed by atoms with Crippen LogP contribution in [0.5, 0.6) is 5.75 Å². The number of ketones is 1. The lowest BCUT2D eigenvalue weighted by atomic mass is 9.85. The van der Waals surface area contributed by atoms with E-state index in [-0.39, 0.29) is 5.78 Å². The number of fused-ring (bicyclic) bond motifs is 1. The van der Waals surface area contributed by atoms with E-state index in [0.717, 1.165) is 17.7 Å². The molecular formula is C15H18O4. The number of hydrogen-bond acceptors (Lipinski definition) is 4. The predicted octanol–water partition coefficient (Wildman–Crippen LogP) is 2.00. The van der Waals surface area contributed by atoms with Gasteiger partial charge in [0.1, 0.15) is 11.4 Å². The molecule has 0 aliphatic carbocycles. The lowest BCUT2D eigenvalue weighted by Gasteiger charge is -2.34. The second kappa shape index (κ2) is 4.94. The summed E-state index contributed by atoms with van der Waals surface area (Å²) < 4.78 is 16.4. The minimum atomic E-state index is -0.716. The van der Waals surface area contributed by atoms with Gasteiger partial charge < -0.3 is 14.2 Å². The average Bonchev–Trinajstić information content (AvgIpc) is 2.94. The van der Waals surface area contributed by atoms with E-state index in [1.54, 1.807) is 7.11 Å². The highest BCUT2D eigenvalue weighted by Crippen LogP contribution is 2.32. The van der Waals surface area contributed by atoms with Gasteiger partial charge in [0.15, 0.2) is 5.78 Å². The van der Waals surface area contributed by atoms with E-state index in [1.165, 1.54) is 0 Å². The Hall–Kier alpha value is -1.39. The SMILES string of the molecule is COC1(C(=O)c2ccc3c(c2)CCO3)CCOCC1. The van der Waals surface area contributed by atoms with Gasteiger partial charge in [0, 0.05) is 45.1 Å². The summed E-state index contributed by atoms with van der Waals surface area (Å²) in [6.07, 6.45) is 2.12. The number of carbonyl (C=O) groups is 1. The Balaban J connectivity index is 1.90. The lowest BCUT2D eigenvalue weighted by Crippen LogP contribution is -2.45. The number of hydrogen-bond donors (Lipinski definition) is 0. The molecule has 0 spiro atoms. The van der Waals surface area contributed by atoms with Crippen molar-refractivity contribution in [3.05, 3.63) is 29.3 Å². The van der Waals surface area contributed by atoms with Crippen LogP contribution in [0.3, 0.4) is 0 Å². The Morgan fingerprint density at radius 3 is 2.79 bits per heavy atom. The standard InChI is InChI=1S/C15H18O4/c1-17-15(5-8-18-9-6-15)14(16)12-2-3-13-11(10-12)4-7-19-13/h2-3,10H,4-9H2,1H3. The molecular weight excluding hydrogens is 244 g/mol. The maximum atomic E-state index is 12.7. The normalized spacial score (nSPS) is 20.7. The van der Waals surface area contributed by atoms with Crippen molar-refractivity contribution in [2.24, 2.45) is 0 Å². The zero-order valence-electron chi connectivity index (χ0n) is 11.1. The summed E-state index contributed by atoms with van der Waals surface area (Å²) in [4.78, 5) is 12.7. The summed E-state index contributed by atoms with van der Waals surface area (Å²) in [5.41, 5.74) is 1.11. The zero-order valence-corrected chi connectivity index (χ0v) is 11.1. The van der Waals surface area contributed by atoms with Crippen LogP contribution in [0, 0.1) is 0 Å². The maximum absolute atomic E-state index is 12.7. The number of rotatable bonds is 3. The predicted molar refractivity (Wildman–Crippen MR) is 69.8 cm³/mol. The molecule has 2 aliphatic heterocycles. The van der Waals surface area contributed by atoms with Crippen molar-refractivity contribution >= 4 is 5.78 Å². The van der Waals surface area contributed by atoms with Gasteiger partial charge in [-0.05, 0) is 23.8 Å². The highest BCUT2D eigenvalue weighted by molar-refractivity contribution is 6.03. The molecule has 0 saturated carbocycles. The number of methoxy groups -OCH3 is 1. The molecule has 1 aromatic rings. The largest absolute Gasteiger partial charge is 0.493 e. The van der Waals surface area contributed by atoms with Gasteiger partial charge in [0.25, 0.3) is 0 Å². The fourth-order valence-electron chi connectivity index (χ4n) is 2.82. The molecule has 0 amide bonds. The van der Waals surface area contributed by atoms with Gasteiger partial charge >= 0.3 is 0 Å². The van der Waals surface area contributed by atoms with Crippen molar-refractivity contribution in [3.8, 4) is 5.75 Å². The van der Waals surface area contributed by atoms with Crippen LogP contribution in [0.25, 0.3) is 0 Å². The maximum Gasteiger partial charge on any atom is 0.194 e. The van der Waals surface area contributed by atoms with Crippen molar-refractivity contribution in [2.75, 3.05) is 26.9 Å². The van der Waals surface area contributed by atoms with Gasteiger partial charge in [-0.3, -0.25) is 4.79 Å².